The fourth-order valence-electron chi connectivity index (χ4n) is 1.02. The van der Waals surface area contributed by atoms with E-state index >= 15 is 0 Å². The maximum atomic E-state index is 10.4. The minimum Gasteiger partial charge on any atom is -0.478 e. The first-order chi connectivity index (χ1) is 11.3. The van der Waals surface area contributed by atoms with Gasteiger partial charge in [-0.1, -0.05) is 6.07 Å². The van der Waals surface area contributed by atoms with Gasteiger partial charge in [-0.3, -0.25) is 0 Å². The summed E-state index contributed by atoms with van der Waals surface area (Å²) in [5.74, 6) is -2.25. The predicted molar refractivity (Wildman–Crippen MR) is 84.1 cm³/mol. The molecule has 0 spiro atoms. The van der Waals surface area contributed by atoms with Crippen LogP contribution in [-0.2, 0) is 4.74 Å². The molecule has 1 aromatic carbocycles. The van der Waals surface area contributed by atoms with E-state index in [1.807, 2.05) is 0 Å². The summed E-state index contributed by atoms with van der Waals surface area (Å²) >= 11 is 0. The Bertz CT molecular complexity index is 427. The highest BCUT2D eigenvalue weighted by Crippen LogP contribution is 2.04. The third kappa shape index (κ3) is 14.9. The minimum absolute atomic E-state index is 0.0186. The number of rotatable bonds is 7. The number of hydrogen-bond acceptors (Lipinski definition) is 7. The van der Waals surface area contributed by atoms with E-state index in [0.717, 1.165) is 6.07 Å². The second kappa shape index (κ2) is 15.8. The third-order valence-corrected chi connectivity index (χ3v) is 2.09. The maximum Gasteiger partial charge on any atom is 0.335 e. The summed E-state index contributed by atoms with van der Waals surface area (Å²) in [6, 6.07) is 5.20. The summed E-state index contributed by atoms with van der Waals surface area (Å²) < 4.78 is 4.63. The molecule has 9 nitrogen and oxygen atoms in total. The van der Waals surface area contributed by atoms with Crippen LogP contribution in [0.3, 0.4) is 0 Å². The molecule has 1 aromatic rings. The van der Waals surface area contributed by atoms with Crippen molar-refractivity contribution in [2.75, 3.05) is 33.0 Å². The molecule has 1 rings (SSSR count). The van der Waals surface area contributed by atoms with Crippen molar-refractivity contribution in [3.63, 3.8) is 0 Å². The van der Waals surface area contributed by atoms with E-state index in [1.54, 1.807) is 0 Å². The van der Waals surface area contributed by atoms with Crippen molar-refractivity contribution in [2.24, 2.45) is 0 Å². The summed E-state index contributed by atoms with van der Waals surface area (Å²) in [6.07, 6.45) is -0.560. The second-order valence-corrected chi connectivity index (χ2v) is 4.28. The molecular weight excluding hydrogens is 324 g/mol. The van der Waals surface area contributed by atoms with Crippen LogP contribution in [0.25, 0.3) is 0 Å². The van der Waals surface area contributed by atoms with Crippen LogP contribution in [0.4, 0.5) is 0 Å². The molecule has 24 heavy (non-hydrogen) atoms. The first-order valence-electron chi connectivity index (χ1n) is 6.95. The highest BCUT2D eigenvalue weighted by Gasteiger charge is 2.06. The smallest absolute Gasteiger partial charge is 0.335 e. The predicted octanol–water partition coefficient (Wildman–Crippen LogP) is -0.570. The molecule has 0 aliphatic rings. The number of benzene rings is 1. The van der Waals surface area contributed by atoms with E-state index in [1.165, 1.54) is 25.1 Å². The Morgan fingerprint density at radius 3 is 1.62 bits per heavy atom. The number of carboxylic acids is 2. The van der Waals surface area contributed by atoms with Gasteiger partial charge in [-0.05, 0) is 25.1 Å². The molecule has 1 atom stereocenters. The molecule has 0 aliphatic heterocycles. The molecule has 9 heteroatoms. The number of carbonyl (C=O) groups is 2. The van der Waals surface area contributed by atoms with Gasteiger partial charge >= 0.3 is 11.9 Å². The molecule has 0 bridgehead atoms. The molecule has 0 fully saturated rings. The highest BCUT2D eigenvalue weighted by atomic mass is 16.5. The van der Waals surface area contributed by atoms with E-state index < -0.39 is 18.0 Å². The van der Waals surface area contributed by atoms with Crippen molar-refractivity contribution < 1.29 is 45.0 Å². The van der Waals surface area contributed by atoms with Crippen LogP contribution in [0.5, 0.6) is 0 Å². The van der Waals surface area contributed by atoms with Crippen LogP contribution in [0.2, 0.25) is 0 Å². The van der Waals surface area contributed by atoms with Gasteiger partial charge in [0.1, 0.15) is 0 Å². The van der Waals surface area contributed by atoms with Crippen molar-refractivity contribution >= 4 is 11.9 Å². The number of aliphatic hydroxyl groups is 4. The Morgan fingerprint density at radius 2 is 1.38 bits per heavy atom. The van der Waals surface area contributed by atoms with Gasteiger partial charge in [0.2, 0.25) is 0 Å². The van der Waals surface area contributed by atoms with Crippen molar-refractivity contribution in [3.8, 4) is 0 Å². The summed E-state index contributed by atoms with van der Waals surface area (Å²) in [6.45, 7) is 2.08. The SMILES string of the molecule is CC(O)CO.O=C(O)c1cccc(C(=O)O)c1.OCCOCCO. The molecule has 0 heterocycles. The molecule has 0 amide bonds. The lowest BCUT2D eigenvalue weighted by molar-refractivity contribution is 0.0650. The summed E-state index contributed by atoms with van der Waals surface area (Å²) in [5.41, 5.74) is -0.0372. The highest BCUT2D eigenvalue weighted by molar-refractivity contribution is 5.93. The van der Waals surface area contributed by atoms with Gasteiger partial charge in [0.05, 0.1) is 50.3 Å². The first-order valence-corrected chi connectivity index (χ1v) is 6.95. The summed E-state index contributed by atoms with van der Waals surface area (Å²) in [5, 5.41) is 49.2. The van der Waals surface area contributed by atoms with Crippen molar-refractivity contribution in [3.05, 3.63) is 35.4 Å². The largest absolute Gasteiger partial charge is 0.478 e. The Morgan fingerprint density at radius 1 is 1.00 bits per heavy atom. The van der Waals surface area contributed by atoms with Crippen molar-refractivity contribution in [1.82, 2.24) is 0 Å². The normalized spacial score (nSPS) is 10.5. The molecular formula is C15H24O9. The van der Waals surface area contributed by atoms with Crippen molar-refractivity contribution in [2.45, 2.75) is 13.0 Å². The van der Waals surface area contributed by atoms with Crippen LogP contribution in [0.1, 0.15) is 27.6 Å². The van der Waals surface area contributed by atoms with Gasteiger partial charge < -0.3 is 35.4 Å². The fraction of sp³-hybridized carbons (Fsp3) is 0.467. The quantitative estimate of drug-likeness (QED) is 0.354. The number of aliphatic hydroxyl groups excluding tert-OH is 4. The maximum absolute atomic E-state index is 10.4. The summed E-state index contributed by atoms with van der Waals surface area (Å²) in [7, 11) is 0. The minimum atomic E-state index is -1.13. The number of hydrogen-bond donors (Lipinski definition) is 6. The van der Waals surface area contributed by atoms with Crippen LogP contribution < -0.4 is 0 Å². The second-order valence-electron chi connectivity index (χ2n) is 4.28. The van der Waals surface area contributed by atoms with E-state index in [2.05, 4.69) is 4.74 Å². The topological polar surface area (TPSA) is 165 Å². The first kappa shape index (κ1) is 24.2. The van der Waals surface area contributed by atoms with Gasteiger partial charge in [-0.2, -0.15) is 0 Å². The molecule has 0 aliphatic carbocycles. The Kier molecular flexibility index (Phi) is 16.0. The van der Waals surface area contributed by atoms with Gasteiger partial charge in [0, 0.05) is 0 Å². The molecule has 1 unspecified atom stereocenters. The van der Waals surface area contributed by atoms with Crippen LogP contribution >= 0.6 is 0 Å². The standard InChI is InChI=1S/C8H6O4.C4H10O3.C3H8O2/c9-7(10)5-2-1-3-6(4-5)8(11)12;5-1-3-7-4-2-6;1-3(5)2-4/h1-4H,(H,9,10)(H,11,12);5-6H,1-4H2;3-5H,2H2,1H3. The van der Waals surface area contributed by atoms with Crippen LogP contribution in [0.15, 0.2) is 24.3 Å². The zero-order valence-corrected chi connectivity index (χ0v) is 13.3. The Labute approximate surface area is 139 Å². The lowest BCUT2D eigenvalue weighted by Crippen LogP contribution is -2.03. The molecule has 0 aromatic heterocycles. The average molecular weight is 348 g/mol. The fourth-order valence-corrected chi connectivity index (χ4v) is 1.02. The summed E-state index contributed by atoms with van der Waals surface area (Å²) in [4.78, 5) is 20.8. The number of carboxylic acid groups (broad SMARTS) is 2. The average Bonchev–Trinajstić information content (AvgIpc) is 2.56. The van der Waals surface area contributed by atoms with E-state index in [0.29, 0.717) is 13.2 Å². The Hall–Kier alpha value is -2.04. The zero-order chi connectivity index (χ0) is 19.0. The lowest BCUT2D eigenvalue weighted by Gasteiger charge is -1.95. The molecule has 138 valence electrons. The van der Waals surface area contributed by atoms with Crippen LogP contribution in [0, 0.1) is 0 Å². The molecule has 0 saturated carbocycles. The third-order valence-electron chi connectivity index (χ3n) is 2.09. The van der Waals surface area contributed by atoms with Gasteiger partial charge in [0.15, 0.2) is 0 Å². The van der Waals surface area contributed by atoms with Gasteiger partial charge in [-0.15, -0.1) is 0 Å². The lowest BCUT2D eigenvalue weighted by atomic mass is 10.1. The Balaban J connectivity index is 0. The molecule has 0 saturated heterocycles. The monoisotopic (exact) mass is 348 g/mol. The van der Waals surface area contributed by atoms with E-state index in [9.17, 15) is 9.59 Å². The van der Waals surface area contributed by atoms with Gasteiger partial charge in [-0.25, -0.2) is 9.59 Å². The van der Waals surface area contributed by atoms with Gasteiger partial charge in [0.25, 0.3) is 0 Å². The van der Waals surface area contributed by atoms with Crippen LogP contribution in [-0.4, -0.2) is 81.7 Å². The molecule has 6 N–H and O–H groups in total. The number of aromatic carboxylic acids is 2. The number of ether oxygens (including phenoxy) is 1. The zero-order valence-electron chi connectivity index (χ0n) is 13.3. The van der Waals surface area contributed by atoms with E-state index in [-0.39, 0.29) is 30.9 Å². The van der Waals surface area contributed by atoms with E-state index in [4.69, 9.17) is 30.6 Å². The van der Waals surface area contributed by atoms with Crippen molar-refractivity contribution in [1.29, 1.82) is 0 Å². The molecule has 0 radical (unpaired) electrons.